The molecule has 0 aliphatic carbocycles. The fraction of sp³-hybridized carbons (Fsp3) is 0.400. The van der Waals surface area contributed by atoms with Gasteiger partial charge in [0.1, 0.15) is 6.10 Å². The summed E-state index contributed by atoms with van der Waals surface area (Å²) in [7, 11) is 1.55. The van der Waals surface area contributed by atoms with E-state index in [2.05, 4.69) is 15.9 Å². The molecule has 0 aliphatic rings. The van der Waals surface area contributed by atoms with Gasteiger partial charge < -0.3 is 15.2 Å². The van der Waals surface area contributed by atoms with E-state index in [0.29, 0.717) is 11.1 Å². The number of nitrogens with two attached hydrogens (primary N) is 1. The number of hydrogen-bond donors (Lipinski definition) is 1. The maximum Gasteiger partial charge on any atom is 0.166 e. The van der Waals surface area contributed by atoms with Crippen LogP contribution in [0.4, 0.5) is 4.39 Å². The van der Waals surface area contributed by atoms with Crippen LogP contribution in [0.5, 0.6) is 5.75 Å². The molecular formula is C10H13BrFNO2. The van der Waals surface area contributed by atoms with Crippen molar-refractivity contribution in [2.75, 3.05) is 20.3 Å². The predicted molar refractivity (Wildman–Crippen MR) is 59.4 cm³/mol. The van der Waals surface area contributed by atoms with Crippen molar-refractivity contribution in [3.63, 3.8) is 0 Å². The fourth-order valence-corrected chi connectivity index (χ4v) is 1.42. The van der Waals surface area contributed by atoms with Crippen molar-refractivity contribution in [2.24, 2.45) is 5.73 Å². The van der Waals surface area contributed by atoms with Gasteiger partial charge in [0.05, 0.1) is 6.61 Å². The van der Waals surface area contributed by atoms with Gasteiger partial charge >= 0.3 is 0 Å². The minimum absolute atomic E-state index is 0.186. The zero-order valence-electron chi connectivity index (χ0n) is 8.37. The molecule has 0 heterocycles. The summed E-state index contributed by atoms with van der Waals surface area (Å²) in [4.78, 5) is 0. The number of halogens is 2. The zero-order chi connectivity index (χ0) is 11.3. The van der Waals surface area contributed by atoms with Crippen LogP contribution in [0.1, 0.15) is 0 Å². The fourth-order valence-electron chi connectivity index (χ4n) is 1.09. The van der Waals surface area contributed by atoms with Crippen LogP contribution in [0, 0.1) is 5.82 Å². The maximum atomic E-state index is 13.4. The van der Waals surface area contributed by atoms with Crippen LogP contribution in [0.15, 0.2) is 22.7 Å². The molecule has 5 heteroatoms. The highest BCUT2D eigenvalue weighted by atomic mass is 79.9. The van der Waals surface area contributed by atoms with Crippen LogP contribution in [0.2, 0.25) is 0 Å². The van der Waals surface area contributed by atoms with Crippen LogP contribution < -0.4 is 10.5 Å². The van der Waals surface area contributed by atoms with Gasteiger partial charge in [-0.25, -0.2) is 4.39 Å². The highest BCUT2D eigenvalue weighted by Crippen LogP contribution is 2.22. The van der Waals surface area contributed by atoms with Gasteiger partial charge in [-0.3, -0.25) is 0 Å². The highest BCUT2D eigenvalue weighted by Gasteiger charge is 2.11. The Kier molecular flexibility index (Phi) is 5.01. The average molecular weight is 278 g/mol. The molecule has 1 atom stereocenters. The molecule has 1 rings (SSSR count). The Morgan fingerprint density at radius 1 is 1.53 bits per heavy atom. The largest absolute Gasteiger partial charge is 0.484 e. The first kappa shape index (κ1) is 12.4. The zero-order valence-corrected chi connectivity index (χ0v) is 9.96. The van der Waals surface area contributed by atoms with Crippen molar-refractivity contribution < 1.29 is 13.9 Å². The summed E-state index contributed by atoms with van der Waals surface area (Å²) in [6.07, 6.45) is -0.328. The minimum Gasteiger partial charge on any atom is -0.484 e. The summed E-state index contributed by atoms with van der Waals surface area (Å²) >= 11 is 3.17. The first-order valence-electron chi connectivity index (χ1n) is 4.48. The van der Waals surface area contributed by atoms with Crippen LogP contribution in [-0.2, 0) is 4.74 Å². The Bertz CT molecular complexity index is 322. The lowest BCUT2D eigenvalue weighted by molar-refractivity contribution is 0.0832. The van der Waals surface area contributed by atoms with E-state index in [1.807, 2.05) is 0 Å². The van der Waals surface area contributed by atoms with Gasteiger partial charge in [-0.2, -0.15) is 0 Å². The van der Waals surface area contributed by atoms with Crippen molar-refractivity contribution >= 4 is 15.9 Å². The Hall–Kier alpha value is -0.650. The number of methoxy groups -OCH3 is 1. The van der Waals surface area contributed by atoms with Gasteiger partial charge in [-0.1, -0.05) is 15.9 Å². The third-order valence-corrected chi connectivity index (χ3v) is 2.30. The summed E-state index contributed by atoms with van der Waals surface area (Å²) in [5, 5.41) is 0. The standard InChI is InChI=1S/C10H13BrFNO2/c1-14-6-8(5-13)15-10-3-2-7(11)4-9(10)12/h2-4,8H,5-6,13H2,1H3. The summed E-state index contributed by atoms with van der Waals surface area (Å²) in [6.45, 7) is 0.620. The van der Waals surface area contributed by atoms with E-state index in [4.69, 9.17) is 15.2 Å². The molecule has 0 aliphatic heterocycles. The number of hydrogen-bond acceptors (Lipinski definition) is 3. The lowest BCUT2D eigenvalue weighted by Crippen LogP contribution is -2.31. The van der Waals surface area contributed by atoms with E-state index in [1.165, 1.54) is 6.07 Å². The average Bonchev–Trinajstić information content (AvgIpc) is 2.21. The SMILES string of the molecule is COCC(CN)Oc1ccc(Br)cc1F. The van der Waals surface area contributed by atoms with Gasteiger partial charge in [-0.15, -0.1) is 0 Å². The van der Waals surface area contributed by atoms with Gasteiger partial charge in [0.2, 0.25) is 0 Å². The molecular weight excluding hydrogens is 265 g/mol. The van der Waals surface area contributed by atoms with Crippen molar-refractivity contribution in [2.45, 2.75) is 6.10 Å². The minimum atomic E-state index is -0.418. The lowest BCUT2D eigenvalue weighted by Gasteiger charge is -2.16. The molecule has 84 valence electrons. The number of ether oxygens (including phenoxy) is 2. The summed E-state index contributed by atoms with van der Waals surface area (Å²) in [6, 6.07) is 4.60. The lowest BCUT2D eigenvalue weighted by atomic mass is 10.3. The van der Waals surface area contributed by atoms with E-state index in [1.54, 1.807) is 19.2 Å². The second-order valence-corrected chi connectivity index (χ2v) is 3.92. The Labute approximate surface area is 96.5 Å². The Morgan fingerprint density at radius 3 is 2.80 bits per heavy atom. The Balaban J connectivity index is 2.70. The van der Waals surface area contributed by atoms with Crippen LogP contribution >= 0.6 is 15.9 Å². The molecule has 0 aromatic heterocycles. The molecule has 0 saturated carbocycles. The summed E-state index contributed by atoms with van der Waals surface area (Å²) in [5.41, 5.74) is 5.45. The van der Waals surface area contributed by atoms with Crippen LogP contribution in [0.25, 0.3) is 0 Å². The molecule has 0 radical (unpaired) electrons. The predicted octanol–water partition coefficient (Wildman–Crippen LogP) is 1.94. The molecule has 0 spiro atoms. The van der Waals surface area contributed by atoms with Crippen LogP contribution in [0.3, 0.4) is 0 Å². The first-order valence-corrected chi connectivity index (χ1v) is 5.27. The molecule has 2 N–H and O–H groups in total. The Morgan fingerprint density at radius 2 is 2.27 bits per heavy atom. The summed E-state index contributed by atoms with van der Waals surface area (Å²) < 4.78 is 24.3. The number of benzene rings is 1. The van der Waals surface area contributed by atoms with Gasteiger partial charge in [-0.05, 0) is 18.2 Å². The topological polar surface area (TPSA) is 44.5 Å². The highest BCUT2D eigenvalue weighted by molar-refractivity contribution is 9.10. The van der Waals surface area contributed by atoms with Gasteiger partial charge in [0.15, 0.2) is 11.6 Å². The molecule has 3 nitrogen and oxygen atoms in total. The van der Waals surface area contributed by atoms with Crippen molar-refractivity contribution in [1.82, 2.24) is 0 Å². The molecule has 0 bridgehead atoms. The molecule has 1 aromatic carbocycles. The normalized spacial score (nSPS) is 12.5. The van der Waals surface area contributed by atoms with Crippen molar-refractivity contribution in [3.05, 3.63) is 28.5 Å². The van der Waals surface area contributed by atoms with Gasteiger partial charge in [0, 0.05) is 18.1 Å². The third-order valence-electron chi connectivity index (χ3n) is 1.80. The van der Waals surface area contributed by atoms with E-state index in [9.17, 15) is 4.39 Å². The van der Waals surface area contributed by atoms with E-state index in [-0.39, 0.29) is 18.4 Å². The number of rotatable bonds is 5. The molecule has 15 heavy (non-hydrogen) atoms. The second-order valence-electron chi connectivity index (χ2n) is 3.01. The van der Waals surface area contributed by atoms with Crippen LogP contribution in [-0.4, -0.2) is 26.4 Å². The molecule has 0 saturated heterocycles. The summed E-state index contributed by atoms with van der Waals surface area (Å²) in [5.74, 6) is -0.232. The van der Waals surface area contributed by atoms with Crippen molar-refractivity contribution in [3.8, 4) is 5.75 Å². The molecule has 0 amide bonds. The maximum absolute atomic E-state index is 13.4. The smallest absolute Gasteiger partial charge is 0.166 e. The first-order chi connectivity index (χ1) is 7.17. The van der Waals surface area contributed by atoms with E-state index in [0.717, 1.165) is 0 Å². The van der Waals surface area contributed by atoms with E-state index < -0.39 is 5.82 Å². The van der Waals surface area contributed by atoms with Gasteiger partial charge in [0.25, 0.3) is 0 Å². The molecule has 0 fully saturated rings. The molecule has 1 aromatic rings. The third kappa shape index (κ3) is 3.77. The quantitative estimate of drug-likeness (QED) is 0.895. The monoisotopic (exact) mass is 277 g/mol. The van der Waals surface area contributed by atoms with E-state index >= 15 is 0 Å². The van der Waals surface area contributed by atoms with Crippen molar-refractivity contribution in [1.29, 1.82) is 0 Å². The second kappa shape index (κ2) is 6.05. The molecule has 1 unspecified atom stereocenters.